The standard InChI is InChI=1S/C17H22N4O3S/c1-5-9-21-14(13-8-6-7-11(2)10-13)19-20-16(21)25-12(3)15(22)18-17(23)24-4/h6-8,10,12H,5,9H2,1-4H3,(H,18,22,23)/t12-/m1/s1. The number of alkyl carbamates (subject to hydrolysis) is 1. The van der Waals surface area contributed by atoms with Crippen LogP contribution in [-0.2, 0) is 16.1 Å². The van der Waals surface area contributed by atoms with Gasteiger partial charge in [0.05, 0.1) is 12.4 Å². The van der Waals surface area contributed by atoms with Gasteiger partial charge >= 0.3 is 6.09 Å². The molecule has 1 aromatic heterocycles. The second-order valence-electron chi connectivity index (χ2n) is 5.57. The molecule has 0 unspecified atom stereocenters. The number of hydrogen-bond acceptors (Lipinski definition) is 6. The predicted molar refractivity (Wildman–Crippen MR) is 96.4 cm³/mol. The molecular weight excluding hydrogens is 340 g/mol. The number of rotatable bonds is 6. The van der Waals surface area contributed by atoms with Gasteiger partial charge in [-0.05, 0) is 26.3 Å². The minimum absolute atomic E-state index is 0.431. The molecule has 2 aromatic rings. The molecule has 2 amide bonds. The van der Waals surface area contributed by atoms with Crippen LogP contribution >= 0.6 is 11.8 Å². The second kappa shape index (κ2) is 8.66. The van der Waals surface area contributed by atoms with Crippen LogP contribution in [0, 0.1) is 6.92 Å². The number of thioether (sulfide) groups is 1. The van der Waals surface area contributed by atoms with Crippen LogP contribution in [0.1, 0.15) is 25.8 Å². The fourth-order valence-corrected chi connectivity index (χ4v) is 3.14. The summed E-state index contributed by atoms with van der Waals surface area (Å²) < 4.78 is 6.44. The molecule has 0 aliphatic heterocycles. The molecule has 25 heavy (non-hydrogen) atoms. The highest BCUT2D eigenvalue weighted by Crippen LogP contribution is 2.27. The van der Waals surface area contributed by atoms with Crippen LogP contribution in [0.25, 0.3) is 11.4 Å². The molecule has 0 radical (unpaired) electrons. The van der Waals surface area contributed by atoms with E-state index in [1.165, 1.54) is 18.9 Å². The second-order valence-corrected chi connectivity index (χ2v) is 6.88. The molecule has 1 N–H and O–H groups in total. The third-order valence-electron chi connectivity index (χ3n) is 3.50. The van der Waals surface area contributed by atoms with Gasteiger partial charge in [0.15, 0.2) is 11.0 Å². The SMILES string of the molecule is CCCn1c(S[C@H](C)C(=O)NC(=O)OC)nnc1-c1cccc(C)c1. The van der Waals surface area contributed by atoms with E-state index in [9.17, 15) is 9.59 Å². The molecule has 7 nitrogen and oxygen atoms in total. The van der Waals surface area contributed by atoms with Gasteiger partial charge in [-0.2, -0.15) is 0 Å². The summed E-state index contributed by atoms with van der Waals surface area (Å²) in [7, 11) is 1.21. The van der Waals surface area contributed by atoms with Gasteiger partial charge in [-0.25, -0.2) is 4.79 Å². The van der Waals surface area contributed by atoms with E-state index in [4.69, 9.17) is 0 Å². The van der Waals surface area contributed by atoms with E-state index < -0.39 is 17.3 Å². The van der Waals surface area contributed by atoms with Crippen molar-refractivity contribution in [2.75, 3.05) is 7.11 Å². The van der Waals surface area contributed by atoms with Crippen molar-refractivity contribution in [3.05, 3.63) is 29.8 Å². The molecule has 8 heteroatoms. The van der Waals surface area contributed by atoms with Crippen molar-refractivity contribution < 1.29 is 14.3 Å². The number of aromatic nitrogens is 3. The average molecular weight is 362 g/mol. The number of imide groups is 1. The van der Waals surface area contributed by atoms with E-state index in [2.05, 4.69) is 33.2 Å². The Morgan fingerprint density at radius 2 is 2.12 bits per heavy atom. The number of benzene rings is 1. The Bertz CT molecular complexity index is 760. The Morgan fingerprint density at radius 1 is 1.36 bits per heavy atom. The van der Waals surface area contributed by atoms with E-state index in [0.717, 1.165) is 29.9 Å². The summed E-state index contributed by atoms with van der Waals surface area (Å²) in [6, 6.07) is 8.05. The first-order valence-electron chi connectivity index (χ1n) is 8.02. The summed E-state index contributed by atoms with van der Waals surface area (Å²) in [5, 5.41) is 10.8. The van der Waals surface area contributed by atoms with Gasteiger partial charge in [-0.3, -0.25) is 10.1 Å². The molecule has 1 atom stereocenters. The largest absolute Gasteiger partial charge is 0.453 e. The first kappa shape index (κ1) is 19.0. The van der Waals surface area contributed by atoms with Crippen molar-refractivity contribution in [3.63, 3.8) is 0 Å². The maximum Gasteiger partial charge on any atom is 0.413 e. The minimum atomic E-state index is -0.770. The molecule has 0 spiro atoms. The van der Waals surface area contributed by atoms with Crippen LogP contribution in [0.2, 0.25) is 0 Å². The number of nitrogens with zero attached hydrogens (tertiary/aromatic N) is 3. The monoisotopic (exact) mass is 362 g/mol. The van der Waals surface area contributed by atoms with Gasteiger partial charge in [-0.1, -0.05) is 42.4 Å². The lowest BCUT2D eigenvalue weighted by molar-refractivity contribution is -0.119. The van der Waals surface area contributed by atoms with Crippen molar-refractivity contribution in [3.8, 4) is 11.4 Å². The van der Waals surface area contributed by atoms with Crippen molar-refractivity contribution in [2.24, 2.45) is 0 Å². The van der Waals surface area contributed by atoms with Crippen molar-refractivity contribution in [1.82, 2.24) is 20.1 Å². The van der Waals surface area contributed by atoms with Crippen molar-refractivity contribution in [2.45, 2.75) is 44.1 Å². The van der Waals surface area contributed by atoms with Crippen LogP contribution in [0.3, 0.4) is 0 Å². The van der Waals surface area contributed by atoms with E-state index >= 15 is 0 Å². The number of methoxy groups -OCH3 is 1. The highest BCUT2D eigenvalue weighted by Gasteiger charge is 2.22. The quantitative estimate of drug-likeness (QED) is 0.795. The molecule has 1 aromatic carbocycles. The molecule has 0 saturated carbocycles. The molecule has 0 bridgehead atoms. The Morgan fingerprint density at radius 3 is 2.76 bits per heavy atom. The van der Waals surface area contributed by atoms with Crippen molar-refractivity contribution >= 4 is 23.8 Å². The van der Waals surface area contributed by atoms with Gasteiger partial charge < -0.3 is 9.30 Å². The topological polar surface area (TPSA) is 86.1 Å². The lowest BCUT2D eigenvalue weighted by Gasteiger charge is -2.12. The van der Waals surface area contributed by atoms with Gasteiger partial charge in [0.1, 0.15) is 0 Å². The number of carbonyl (C=O) groups excluding carboxylic acids is 2. The third-order valence-corrected chi connectivity index (χ3v) is 4.58. The Balaban J connectivity index is 2.24. The predicted octanol–water partition coefficient (Wildman–Crippen LogP) is 3.03. The Kier molecular flexibility index (Phi) is 6.58. The average Bonchev–Trinajstić information content (AvgIpc) is 2.97. The van der Waals surface area contributed by atoms with E-state index in [1.807, 2.05) is 29.7 Å². The molecule has 0 aliphatic carbocycles. The number of amides is 2. The van der Waals surface area contributed by atoms with Crippen LogP contribution < -0.4 is 5.32 Å². The summed E-state index contributed by atoms with van der Waals surface area (Å²) in [5.74, 6) is 0.341. The smallest absolute Gasteiger partial charge is 0.413 e. The van der Waals surface area contributed by atoms with E-state index in [-0.39, 0.29) is 0 Å². The number of aryl methyl sites for hydroxylation is 1. The first-order valence-corrected chi connectivity index (χ1v) is 8.90. The third kappa shape index (κ3) is 4.82. The summed E-state index contributed by atoms with van der Waals surface area (Å²) >= 11 is 1.26. The van der Waals surface area contributed by atoms with E-state index in [1.54, 1.807) is 6.92 Å². The highest BCUT2D eigenvalue weighted by atomic mass is 32.2. The summed E-state index contributed by atoms with van der Waals surface area (Å²) in [5.41, 5.74) is 2.13. The molecule has 0 fully saturated rings. The Hall–Kier alpha value is -2.35. The van der Waals surface area contributed by atoms with Gasteiger partial charge in [-0.15, -0.1) is 10.2 Å². The van der Waals surface area contributed by atoms with Gasteiger partial charge in [0, 0.05) is 12.1 Å². The summed E-state index contributed by atoms with van der Waals surface area (Å²) in [6.07, 6.45) is 0.139. The highest BCUT2D eigenvalue weighted by molar-refractivity contribution is 8.00. The van der Waals surface area contributed by atoms with Crippen LogP contribution in [0.15, 0.2) is 29.4 Å². The van der Waals surface area contributed by atoms with Crippen LogP contribution in [0.4, 0.5) is 4.79 Å². The van der Waals surface area contributed by atoms with Gasteiger partial charge in [0.25, 0.3) is 0 Å². The minimum Gasteiger partial charge on any atom is -0.453 e. The normalized spacial score (nSPS) is 11.8. The number of ether oxygens (including phenoxy) is 1. The molecule has 0 saturated heterocycles. The Labute approximate surface area is 151 Å². The fraction of sp³-hybridized carbons (Fsp3) is 0.412. The zero-order valence-electron chi connectivity index (χ0n) is 14.8. The fourth-order valence-electron chi connectivity index (χ4n) is 2.26. The summed E-state index contributed by atoms with van der Waals surface area (Å²) in [4.78, 5) is 23.2. The van der Waals surface area contributed by atoms with Crippen molar-refractivity contribution in [1.29, 1.82) is 0 Å². The number of nitrogens with one attached hydrogen (secondary N) is 1. The number of carbonyl (C=O) groups is 2. The van der Waals surface area contributed by atoms with Gasteiger partial charge in [0.2, 0.25) is 5.91 Å². The van der Waals surface area contributed by atoms with Crippen LogP contribution in [-0.4, -0.2) is 39.1 Å². The summed E-state index contributed by atoms with van der Waals surface area (Å²) in [6.45, 7) is 6.55. The maximum absolute atomic E-state index is 12.0. The first-order chi connectivity index (χ1) is 12.0. The lowest BCUT2D eigenvalue weighted by Crippen LogP contribution is -2.36. The molecular formula is C17H22N4O3S. The zero-order chi connectivity index (χ0) is 18.4. The molecule has 2 rings (SSSR count). The lowest BCUT2D eigenvalue weighted by atomic mass is 10.1. The maximum atomic E-state index is 12.0. The number of hydrogen-bond donors (Lipinski definition) is 1. The molecule has 134 valence electrons. The zero-order valence-corrected chi connectivity index (χ0v) is 15.6. The molecule has 1 heterocycles. The van der Waals surface area contributed by atoms with E-state index in [0.29, 0.717) is 5.16 Å². The van der Waals surface area contributed by atoms with Crippen LogP contribution in [0.5, 0.6) is 0 Å². The molecule has 0 aliphatic rings.